The molecule has 18 heavy (non-hydrogen) atoms. The minimum absolute atomic E-state index is 0.0303. The minimum Gasteiger partial charge on any atom is -0.410 e. The van der Waals surface area contributed by atoms with Gasteiger partial charge in [-0.1, -0.05) is 6.92 Å². The number of nitrogens with one attached hydrogen (secondary N) is 2. The second-order valence-corrected chi connectivity index (χ2v) is 4.91. The quantitative estimate of drug-likeness (QED) is 0.796. The van der Waals surface area contributed by atoms with Crippen LogP contribution in [0.1, 0.15) is 18.9 Å². The first-order chi connectivity index (χ1) is 8.63. The molecule has 96 valence electrons. The Balaban J connectivity index is 1.94. The molecule has 2 heterocycles. The molecule has 0 spiro atoms. The summed E-state index contributed by atoms with van der Waals surface area (Å²) in [6, 6.07) is 5.64. The smallest absolute Gasteiger partial charge is 0.410 e. The van der Waals surface area contributed by atoms with Gasteiger partial charge < -0.3 is 20.1 Å². The molecule has 5 heteroatoms. The van der Waals surface area contributed by atoms with Crippen LogP contribution in [0.5, 0.6) is 5.75 Å². The average molecular weight is 248 g/mol. The first-order valence-corrected chi connectivity index (χ1v) is 6.06. The standard InChI is InChI=1S/C13H16N2O3/c1-13-5-6-17-11(13)15-10-4-3-8(7-9(10)13)18-12(16)14-2/h3-4,7,11,15H,5-6H2,1-2H3,(H,14,16)/t11-,13-/m1/s1. The molecule has 1 amide bonds. The highest BCUT2D eigenvalue weighted by Gasteiger charge is 2.47. The van der Waals surface area contributed by atoms with Gasteiger partial charge in [0.25, 0.3) is 0 Å². The van der Waals surface area contributed by atoms with E-state index in [0.717, 1.165) is 24.3 Å². The largest absolute Gasteiger partial charge is 0.412 e. The molecule has 0 aliphatic carbocycles. The molecule has 3 rings (SSSR count). The zero-order valence-corrected chi connectivity index (χ0v) is 10.4. The van der Waals surface area contributed by atoms with Gasteiger partial charge in [0.15, 0.2) is 0 Å². The number of fused-ring (bicyclic) bond motifs is 3. The Hall–Kier alpha value is -1.75. The van der Waals surface area contributed by atoms with Crippen molar-refractivity contribution in [2.45, 2.75) is 25.0 Å². The highest BCUT2D eigenvalue weighted by atomic mass is 16.6. The van der Waals surface area contributed by atoms with Crippen molar-refractivity contribution in [2.24, 2.45) is 0 Å². The van der Waals surface area contributed by atoms with E-state index in [2.05, 4.69) is 17.6 Å². The number of carbonyl (C=O) groups excluding carboxylic acids is 1. The van der Waals surface area contributed by atoms with Gasteiger partial charge in [-0.3, -0.25) is 0 Å². The van der Waals surface area contributed by atoms with Gasteiger partial charge in [0.05, 0.1) is 6.61 Å². The summed E-state index contributed by atoms with van der Waals surface area (Å²) in [4.78, 5) is 11.2. The van der Waals surface area contributed by atoms with Crippen LogP contribution < -0.4 is 15.4 Å². The summed E-state index contributed by atoms with van der Waals surface area (Å²) in [5.74, 6) is 0.559. The van der Waals surface area contributed by atoms with E-state index in [1.54, 1.807) is 13.1 Å². The third-order valence-electron chi connectivity index (χ3n) is 3.79. The molecule has 1 saturated heterocycles. The molecule has 0 radical (unpaired) electrons. The first-order valence-electron chi connectivity index (χ1n) is 6.06. The van der Waals surface area contributed by atoms with E-state index >= 15 is 0 Å². The average Bonchev–Trinajstić information content (AvgIpc) is 2.84. The van der Waals surface area contributed by atoms with Gasteiger partial charge in [-0.15, -0.1) is 0 Å². The summed E-state index contributed by atoms with van der Waals surface area (Å²) >= 11 is 0. The van der Waals surface area contributed by atoms with E-state index in [-0.39, 0.29) is 11.6 Å². The Morgan fingerprint density at radius 1 is 1.61 bits per heavy atom. The van der Waals surface area contributed by atoms with Gasteiger partial charge >= 0.3 is 6.09 Å². The fourth-order valence-corrected chi connectivity index (χ4v) is 2.67. The van der Waals surface area contributed by atoms with Crippen molar-refractivity contribution in [1.29, 1.82) is 0 Å². The number of hydrogen-bond acceptors (Lipinski definition) is 4. The number of amides is 1. The van der Waals surface area contributed by atoms with Crippen molar-refractivity contribution in [3.8, 4) is 5.75 Å². The fraction of sp³-hybridized carbons (Fsp3) is 0.462. The van der Waals surface area contributed by atoms with Crippen LogP contribution in [0.4, 0.5) is 10.5 Å². The molecule has 2 aliphatic rings. The van der Waals surface area contributed by atoms with Gasteiger partial charge in [0.1, 0.15) is 12.0 Å². The summed E-state index contributed by atoms with van der Waals surface area (Å²) in [6.07, 6.45) is 0.550. The van der Waals surface area contributed by atoms with Crippen LogP contribution in [-0.2, 0) is 10.2 Å². The lowest BCUT2D eigenvalue weighted by Gasteiger charge is -2.22. The van der Waals surface area contributed by atoms with E-state index in [4.69, 9.17) is 9.47 Å². The van der Waals surface area contributed by atoms with Crippen molar-refractivity contribution in [3.63, 3.8) is 0 Å². The van der Waals surface area contributed by atoms with Crippen molar-refractivity contribution >= 4 is 11.8 Å². The van der Waals surface area contributed by atoms with E-state index < -0.39 is 6.09 Å². The maximum Gasteiger partial charge on any atom is 0.412 e. The Bertz CT molecular complexity index is 503. The van der Waals surface area contributed by atoms with Crippen molar-refractivity contribution in [2.75, 3.05) is 19.0 Å². The SMILES string of the molecule is CNC(=O)Oc1ccc2c(c1)[C@@]1(C)CCO[C@H]1N2. The predicted molar refractivity (Wildman–Crippen MR) is 66.9 cm³/mol. The Labute approximate surface area is 105 Å². The van der Waals surface area contributed by atoms with Crippen LogP contribution >= 0.6 is 0 Å². The molecule has 1 fully saturated rings. The van der Waals surface area contributed by atoms with Crippen LogP contribution in [0.2, 0.25) is 0 Å². The van der Waals surface area contributed by atoms with Crippen molar-refractivity contribution in [3.05, 3.63) is 23.8 Å². The first kappa shape index (κ1) is 11.3. The number of rotatable bonds is 1. The Kier molecular flexibility index (Phi) is 2.45. The minimum atomic E-state index is -0.453. The van der Waals surface area contributed by atoms with Gasteiger partial charge in [-0.2, -0.15) is 0 Å². The Morgan fingerprint density at radius 3 is 3.22 bits per heavy atom. The number of carbonyl (C=O) groups is 1. The predicted octanol–water partition coefficient (Wildman–Crippen LogP) is 1.83. The molecular formula is C13H16N2O3. The molecule has 1 aromatic rings. The van der Waals surface area contributed by atoms with Crippen molar-refractivity contribution in [1.82, 2.24) is 5.32 Å². The van der Waals surface area contributed by atoms with Crippen LogP contribution in [0.25, 0.3) is 0 Å². The molecule has 0 unspecified atom stereocenters. The number of ether oxygens (including phenoxy) is 2. The molecule has 2 N–H and O–H groups in total. The fourth-order valence-electron chi connectivity index (χ4n) is 2.67. The van der Waals surface area contributed by atoms with E-state index in [1.807, 2.05) is 12.1 Å². The van der Waals surface area contributed by atoms with E-state index in [1.165, 1.54) is 0 Å². The third kappa shape index (κ3) is 1.54. The third-order valence-corrected chi connectivity index (χ3v) is 3.79. The second-order valence-electron chi connectivity index (χ2n) is 4.91. The summed E-state index contributed by atoms with van der Waals surface area (Å²) in [5.41, 5.74) is 2.19. The molecule has 2 aliphatic heterocycles. The zero-order valence-electron chi connectivity index (χ0n) is 10.4. The molecule has 0 saturated carbocycles. The lowest BCUT2D eigenvalue weighted by molar-refractivity contribution is 0.112. The monoisotopic (exact) mass is 248 g/mol. The molecule has 1 aromatic carbocycles. The number of anilines is 1. The molecule has 5 nitrogen and oxygen atoms in total. The summed E-state index contributed by atoms with van der Waals surface area (Å²) < 4.78 is 10.8. The van der Waals surface area contributed by atoms with E-state index in [0.29, 0.717) is 5.75 Å². The lowest BCUT2D eigenvalue weighted by Crippen LogP contribution is -2.31. The van der Waals surface area contributed by atoms with Crippen LogP contribution in [0.3, 0.4) is 0 Å². The number of benzene rings is 1. The Morgan fingerprint density at radius 2 is 2.44 bits per heavy atom. The van der Waals surface area contributed by atoms with Gasteiger partial charge in [-0.05, 0) is 30.2 Å². The lowest BCUT2D eigenvalue weighted by atomic mass is 9.82. The maximum atomic E-state index is 11.2. The van der Waals surface area contributed by atoms with Gasteiger partial charge in [0.2, 0.25) is 0 Å². The normalized spacial score (nSPS) is 28.2. The van der Waals surface area contributed by atoms with E-state index in [9.17, 15) is 4.79 Å². The summed E-state index contributed by atoms with van der Waals surface area (Å²) in [5, 5.41) is 5.79. The van der Waals surface area contributed by atoms with Gasteiger partial charge in [0, 0.05) is 18.2 Å². The zero-order chi connectivity index (χ0) is 12.8. The molecule has 0 aromatic heterocycles. The summed E-state index contributed by atoms with van der Waals surface area (Å²) in [7, 11) is 1.54. The van der Waals surface area contributed by atoms with Crippen LogP contribution in [0.15, 0.2) is 18.2 Å². The second kappa shape index (κ2) is 3.88. The molecular weight excluding hydrogens is 232 g/mol. The summed E-state index contributed by atoms with van der Waals surface area (Å²) in [6.45, 7) is 2.93. The molecule has 0 bridgehead atoms. The molecule has 2 atom stereocenters. The highest BCUT2D eigenvalue weighted by Crippen LogP contribution is 2.48. The maximum absolute atomic E-state index is 11.2. The highest BCUT2D eigenvalue weighted by molar-refractivity contribution is 5.71. The van der Waals surface area contributed by atoms with Crippen LogP contribution in [-0.4, -0.2) is 26.0 Å². The topological polar surface area (TPSA) is 59.6 Å². The number of hydrogen-bond donors (Lipinski definition) is 2. The van der Waals surface area contributed by atoms with Crippen molar-refractivity contribution < 1.29 is 14.3 Å². The van der Waals surface area contributed by atoms with Gasteiger partial charge in [-0.25, -0.2) is 4.79 Å². The van der Waals surface area contributed by atoms with Crippen LogP contribution in [0, 0.1) is 0 Å².